The molecule has 0 atom stereocenters. The third-order valence-electron chi connectivity index (χ3n) is 1.93. The molecule has 0 aliphatic carbocycles. The van der Waals surface area contributed by atoms with Gasteiger partial charge in [0.25, 0.3) is 0 Å². The van der Waals surface area contributed by atoms with Gasteiger partial charge in [0.2, 0.25) is 0 Å². The van der Waals surface area contributed by atoms with E-state index in [9.17, 15) is 4.39 Å². The van der Waals surface area contributed by atoms with E-state index in [0.717, 1.165) is 5.56 Å². The molecule has 0 saturated carbocycles. The summed E-state index contributed by atoms with van der Waals surface area (Å²) < 4.78 is 12.8. The van der Waals surface area contributed by atoms with Crippen LogP contribution in [0.3, 0.4) is 0 Å². The first kappa shape index (κ1) is 10.7. The first-order chi connectivity index (χ1) is 6.63. The van der Waals surface area contributed by atoms with Gasteiger partial charge in [0, 0.05) is 18.2 Å². The van der Waals surface area contributed by atoms with Crippen LogP contribution in [0.15, 0.2) is 18.2 Å². The van der Waals surface area contributed by atoms with Gasteiger partial charge in [0.1, 0.15) is 5.82 Å². The van der Waals surface area contributed by atoms with Gasteiger partial charge in [-0.1, -0.05) is 25.8 Å². The molecule has 0 unspecified atom stereocenters. The molecule has 1 rings (SSSR count). The zero-order valence-corrected chi connectivity index (χ0v) is 8.47. The van der Waals surface area contributed by atoms with Crippen molar-refractivity contribution in [3.8, 4) is 12.3 Å². The first-order valence-electron chi connectivity index (χ1n) is 4.62. The van der Waals surface area contributed by atoms with Crippen molar-refractivity contribution in [2.45, 2.75) is 26.4 Å². The molecule has 0 aliphatic rings. The minimum Gasteiger partial charge on any atom is -0.310 e. The Morgan fingerprint density at radius 2 is 2.21 bits per heavy atom. The van der Waals surface area contributed by atoms with Gasteiger partial charge >= 0.3 is 0 Å². The smallest absolute Gasteiger partial charge is 0.124 e. The molecule has 0 spiro atoms. The van der Waals surface area contributed by atoms with Crippen LogP contribution in [0.25, 0.3) is 0 Å². The minimum atomic E-state index is -0.286. The summed E-state index contributed by atoms with van der Waals surface area (Å²) in [5.74, 6) is 2.19. The standard InChI is InChI=1S/C12H14FN/c1-4-10-7-12(13)6-5-11(10)8-14-9(2)3/h1,5-7,9,14H,8H2,2-3H3. The van der Waals surface area contributed by atoms with Crippen molar-refractivity contribution < 1.29 is 4.39 Å². The summed E-state index contributed by atoms with van der Waals surface area (Å²) >= 11 is 0. The Balaban J connectivity index is 2.82. The van der Waals surface area contributed by atoms with Crippen molar-refractivity contribution in [1.29, 1.82) is 0 Å². The van der Waals surface area contributed by atoms with Crippen LogP contribution in [0, 0.1) is 18.2 Å². The van der Waals surface area contributed by atoms with Gasteiger partial charge in [0.05, 0.1) is 0 Å². The van der Waals surface area contributed by atoms with Crippen molar-refractivity contribution in [3.05, 3.63) is 35.1 Å². The first-order valence-corrected chi connectivity index (χ1v) is 4.62. The van der Waals surface area contributed by atoms with Crippen molar-refractivity contribution in [1.82, 2.24) is 5.32 Å². The molecular weight excluding hydrogens is 177 g/mol. The van der Waals surface area contributed by atoms with E-state index in [1.807, 2.05) is 0 Å². The van der Waals surface area contributed by atoms with Gasteiger partial charge in [-0.2, -0.15) is 0 Å². The molecule has 0 heterocycles. The lowest BCUT2D eigenvalue weighted by Crippen LogP contribution is -2.22. The average Bonchev–Trinajstić information content (AvgIpc) is 2.15. The predicted molar refractivity (Wildman–Crippen MR) is 56.3 cm³/mol. The quantitative estimate of drug-likeness (QED) is 0.723. The Kier molecular flexibility index (Phi) is 3.67. The lowest BCUT2D eigenvalue weighted by Gasteiger charge is -2.09. The second kappa shape index (κ2) is 4.78. The zero-order chi connectivity index (χ0) is 10.6. The molecule has 2 heteroatoms. The molecule has 14 heavy (non-hydrogen) atoms. The minimum absolute atomic E-state index is 0.286. The van der Waals surface area contributed by atoms with E-state index >= 15 is 0 Å². The van der Waals surface area contributed by atoms with Crippen LogP contribution in [-0.4, -0.2) is 6.04 Å². The SMILES string of the molecule is C#Cc1cc(F)ccc1CNC(C)C. The Hall–Kier alpha value is -1.33. The van der Waals surface area contributed by atoms with Crippen molar-refractivity contribution in [3.63, 3.8) is 0 Å². The fourth-order valence-corrected chi connectivity index (χ4v) is 1.15. The molecule has 0 fully saturated rings. The molecule has 1 aromatic rings. The average molecular weight is 191 g/mol. The Labute approximate surface area is 84.3 Å². The third-order valence-corrected chi connectivity index (χ3v) is 1.93. The molecule has 0 aliphatic heterocycles. The number of terminal acetylenes is 1. The van der Waals surface area contributed by atoms with Crippen LogP contribution >= 0.6 is 0 Å². The number of hydrogen-bond acceptors (Lipinski definition) is 1. The van der Waals surface area contributed by atoms with Crippen molar-refractivity contribution in [2.24, 2.45) is 0 Å². The van der Waals surface area contributed by atoms with Gasteiger partial charge in [-0.25, -0.2) is 4.39 Å². The zero-order valence-electron chi connectivity index (χ0n) is 8.47. The molecule has 74 valence electrons. The normalized spacial score (nSPS) is 10.2. The topological polar surface area (TPSA) is 12.0 Å². The highest BCUT2D eigenvalue weighted by molar-refractivity contribution is 5.40. The number of nitrogens with one attached hydrogen (secondary N) is 1. The van der Waals surface area contributed by atoms with Crippen LogP contribution in [0.1, 0.15) is 25.0 Å². The lowest BCUT2D eigenvalue weighted by molar-refractivity contribution is 0.585. The summed E-state index contributed by atoms with van der Waals surface area (Å²) in [5, 5.41) is 3.24. The summed E-state index contributed by atoms with van der Waals surface area (Å²) in [4.78, 5) is 0. The van der Waals surface area contributed by atoms with E-state index in [1.165, 1.54) is 12.1 Å². The predicted octanol–water partition coefficient (Wildman–Crippen LogP) is 2.31. The summed E-state index contributed by atoms with van der Waals surface area (Å²) in [6, 6.07) is 4.93. The second-order valence-electron chi connectivity index (χ2n) is 3.48. The maximum atomic E-state index is 12.8. The Bertz CT molecular complexity index is 350. The molecule has 0 aromatic heterocycles. The van der Waals surface area contributed by atoms with Crippen LogP contribution in [0.2, 0.25) is 0 Å². The summed E-state index contributed by atoms with van der Waals surface area (Å²) in [6.45, 7) is 4.79. The Morgan fingerprint density at radius 1 is 1.50 bits per heavy atom. The fraction of sp³-hybridized carbons (Fsp3) is 0.333. The monoisotopic (exact) mass is 191 g/mol. The highest BCUT2D eigenvalue weighted by Crippen LogP contribution is 2.10. The van der Waals surface area contributed by atoms with Gasteiger partial charge in [0.15, 0.2) is 0 Å². The van der Waals surface area contributed by atoms with Crippen LogP contribution in [0.4, 0.5) is 4.39 Å². The number of rotatable bonds is 3. The fourth-order valence-electron chi connectivity index (χ4n) is 1.15. The molecule has 1 nitrogen and oxygen atoms in total. The van der Waals surface area contributed by atoms with E-state index in [4.69, 9.17) is 6.42 Å². The van der Waals surface area contributed by atoms with Gasteiger partial charge in [-0.15, -0.1) is 6.42 Å². The number of halogens is 1. The molecule has 0 amide bonds. The van der Waals surface area contributed by atoms with Gasteiger partial charge in [-0.05, 0) is 17.7 Å². The van der Waals surface area contributed by atoms with Crippen molar-refractivity contribution >= 4 is 0 Å². The maximum Gasteiger partial charge on any atom is 0.124 e. The highest BCUT2D eigenvalue weighted by Gasteiger charge is 2.02. The largest absolute Gasteiger partial charge is 0.310 e. The molecule has 0 bridgehead atoms. The molecule has 1 N–H and O–H groups in total. The van der Waals surface area contributed by atoms with Gasteiger partial charge in [-0.3, -0.25) is 0 Å². The second-order valence-corrected chi connectivity index (χ2v) is 3.48. The third kappa shape index (κ3) is 2.86. The Morgan fingerprint density at radius 3 is 2.79 bits per heavy atom. The van der Waals surface area contributed by atoms with E-state index in [1.54, 1.807) is 6.07 Å². The maximum absolute atomic E-state index is 12.8. The summed E-state index contributed by atoms with van der Waals surface area (Å²) in [6.07, 6.45) is 5.28. The van der Waals surface area contributed by atoms with Crippen LogP contribution in [0.5, 0.6) is 0 Å². The van der Waals surface area contributed by atoms with E-state index in [2.05, 4.69) is 25.1 Å². The molecular formula is C12H14FN. The lowest BCUT2D eigenvalue weighted by atomic mass is 10.1. The molecule has 0 saturated heterocycles. The van der Waals surface area contributed by atoms with Gasteiger partial charge < -0.3 is 5.32 Å². The number of hydrogen-bond donors (Lipinski definition) is 1. The van der Waals surface area contributed by atoms with Crippen molar-refractivity contribution in [2.75, 3.05) is 0 Å². The van der Waals surface area contributed by atoms with E-state index in [0.29, 0.717) is 18.2 Å². The summed E-state index contributed by atoms with van der Waals surface area (Å²) in [5.41, 5.74) is 1.58. The van der Waals surface area contributed by atoms with Crippen LogP contribution < -0.4 is 5.32 Å². The molecule has 0 radical (unpaired) electrons. The van der Waals surface area contributed by atoms with E-state index < -0.39 is 0 Å². The van der Waals surface area contributed by atoms with Crippen LogP contribution in [-0.2, 0) is 6.54 Å². The highest BCUT2D eigenvalue weighted by atomic mass is 19.1. The summed E-state index contributed by atoms with van der Waals surface area (Å²) in [7, 11) is 0. The molecule has 1 aromatic carbocycles. The van der Waals surface area contributed by atoms with E-state index in [-0.39, 0.29) is 5.82 Å². The number of benzene rings is 1.